The molecule has 0 atom stereocenters. The summed E-state index contributed by atoms with van der Waals surface area (Å²) in [6, 6.07) is 2.02. The molecule has 2 nitrogen and oxygen atoms in total. The van der Waals surface area contributed by atoms with Crippen molar-refractivity contribution in [3.63, 3.8) is 0 Å². The summed E-state index contributed by atoms with van der Waals surface area (Å²) in [7, 11) is 0. The topological polar surface area (TPSA) is 33.0 Å². The minimum absolute atomic E-state index is 0.630. The van der Waals surface area contributed by atoms with Gasteiger partial charge in [0, 0.05) is 0 Å². The normalized spacial score (nSPS) is 10.6. The van der Waals surface area contributed by atoms with Crippen LogP contribution in [0, 0.1) is 11.3 Å². The minimum Gasteiger partial charge on any atom is -0.500 e. The van der Waals surface area contributed by atoms with Gasteiger partial charge in [0.2, 0.25) is 0 Å². The third-order valence-electron chi connectivity index (χ3n) is 0.917. The molecule has 0 aromatic heterocycles. The van der Waals surface area contributed by atoms with Crippen molar-refractivity contribution in [2.75, 3.05) is 6.61 Å². The van der Waals surface area contributed by atoms with Gasteiger partial charge in [0.25, 0.3) is 0 Å². The molecule has 0 rings (SSSR count). The van der Waals surface area contributed by atoms with Gasteiger partial charge >= 0.3 is 0 Å². The van der Waals surface area contributed by atoms with E-state index in [0.717, 1.165) is 6.42 Å². The summed E-state index contributed by atoms with van der Waals surface area (Å²) >= 11 is 0. The van der Waals surface area contributed by atoms with E-state index in [2.05, 4.69) is 0 Å². The van der Waals surface area contributed by atoms with Crippen molar-refractivity contribution in [2.24, 2.45) is 0 Å². The second kappa shape index (κ2) is 5.17. The van der Waals surface area contributed by atoms with Crippen LogP contribution in [-0.2, 0) is 4.74 Å². The maximum atomic E-state index is 8.35. The van der Waals surface area contributed by atoms with Crippen LogP contribution in [0.5, 0.6) is 0 Å². The van der Waals surface area contributed by atoms with Gasteiger partial charge in [-0.1, -0.05) is 6.92 Å². The fraction of sp³-hybridized carbons (Fsp3) is 0.571. The highest BCUT2D eigenvalue weighted by molar-refractivity contribution is 5.17. The smallest absolute Gasteiger partial charge is 0.0979 e. The van der Waals surface area contributed by atoms with Gasteiger partial charge in [0.15, 0.2) is 0 Å². The van der Waals surface area contributed by atoms with Crippen molar-refractivity contribution in [1.82, 2.24) is 0 Å². The van der Waals surface area contributed by atoms with Crippen LogP contribution in [0.2, 0.25) is 0 Å². The average molecular weight is 125 g/mol. The third-order valence-corrected chi connectivity index (χ3v) is 0.917. The highest BCUT2D eigenvalue weighted by Crippen LogP contribution is 1.96. The predicted molar refractivity (Wildman–Crippen MR) is 35.6 cm³/mol. The summed E-state index contributed by atoms with van der Waals surface area (Å²) in [6.07, 6.45) is 2.26. The van der Waals surface area contributed by atoms with Crippen molar-refractivity contribution in [3.8, 4) is 6.07 Å². The Balaban J connectivity index is 3.66. The first-order valence-electron chi connectivity index (χ1n) is 3.05. The number of hydrogen-bond acceptors (Lipinski definition) is 2. The van der Waals surface area contributed by atoms with Crippen molar-refractivity contribution >= 4 is 0 Å². The van der Waals surface area contributed by atoms with E-state index in [1.54, 1.807) is 0 Å². The van der Waals surface area contributed by atoms with Crippen LogP contribution in [0.1, 0.15) is 20.3 Å². The molecular weight excluding hydrogens is 114 g/mol. The predicted octanol–water partition coefficient (Wildman–Crippen LogP) is 1.84. The van der Waals surface area contributed by atoms with Gasteiger partial charge in [-0.25, -0.2) is 0 Å². The first-order valence-corrected chi connectivity index (χ1v) is 3.05. The Kier molecular flexibility index (Phi) is 4.61. The lowest BCUT2D eigenvalue weighted by Crippen LogP contribution is -1.81. The summed E-state index contributed by atoms with van der Waals surface area (Å²) in [4.78, 5) is 0. The Morgan fingerprint density at radius 2 is 2.33 bits per heavy atom. The molecule has 9 heavy (non-hydrogen) atoms. The largest absolute Gasteiger partial charge is 0.500 e. The van der Waals surface area contributed by atoms with Crippen LogP contribution >= 0.6 is 0 Å². The summed E-state index contributed by atoms with van der Waals surface area (Å²) < 4.78 is 4.89. The van der Waals surface area contributed by atoms with Crippen LogP contribution in [0.25, 0.3) is 0 Å². The van der Waals surface area contributed by atoms with E-state index in [0.29, 0.717) is 12.2 Å². The zero-order valence-electron chi connectivity index (χ0n) is 5.85. The lowest BCUT2D eigenvalue weighted by molar-refractivity contribution is 0.266. The van der Waals surface area contributed by atoms with Crippen molar-refractivity contribution in [3.05, 3.63) is 11.8 Å². The van der Waals surface area contributed by atoms with Gasteiger partial charge < -0.3 is 4.74 Å². The molecule has 0 N–H and O–H groups in total. The average Bonchev–Trinajstić information content (AvgIpc) is 1.91. The van der Waals surface area contributed by atoms with Crippen molar-refractivity contribution in [1.29, 1.82) is 5.26 Å². The molecule has 0 saturated heterocycles. The van der Waals surface area contributed by atoms with E-state index in [1.807, 2.05) is 19.9 Å². The number of allylic oxidation sites excluding steroid dienone is 1. The summed E-state index contributed by atoms with van der Waals surface area (Å²) in [6.45, 7) is 4.44. The zero-order valence-corrected chi connectivity index (χ0v) is 5.85. The summed E-state index contributed by atoms with van der Waals surface area (Å²) in [5.74, 6) is 0. The SMILES string of the molecule is CCO/C=C(/C#N)CC. The fourth-order valence-corrected chi connectivity index (χ4v) is 0.373. The number of ether oxygens (including phenoxy) is 1. The Morgan fingerprint density at radius 3 is 2.67 bits per heavy atom. The molecule has 0 aliphatic carbocycles. The Hall–Kier alpha value is -0.970. The lowest BCUT2D eigenvalue weighted by atomic mass is 10.3. The van der Waals surface area contributed by atoms with Crippen LogP contribution in [0.15, 0.2) is 11.8 Å². The highest BCUT2D eigenvalue weighted by Gasteiger charge is 1.87. The van der Waals surface area contributed by atoms with Crippen molar-refractivity contribution in [2.45, 2.75) is 20.3 Å². The van der Waals surface area contributed by atoms with Gasteiger partial charge in [0.1, 0.15) is 0 Å². The molecule has 0 heterocycles. The first kappa shape index (κ1) is 8.03. The molecule has 0 aromatic rings. The van der Waals surface area contributed by atoms with Crippen LogP contribution in [-0.4, -0.2) is 6.61 Å². The maximum absolute atomic E-state index is 8.35. The first-order chi connectivity index (χ1) is 4.35. The number of hydrogen-bond donors (Lipinski definition) is 0. The zero-order chi connectivity index (χ0) is 7.11. The Bertz CT molecular complexity index is 132. The molecule has 0 aliphatic heterocycles. The number of nitrogens with zero attached hydrogens (tertiary/aromatic N) is 1. The van der Waals surface area contributed by atoms with Gasteiger partial charge in [-0.2, -0.15) is 5.26 Å². The monoisotopic (exact) mass is 125 g/mol. The molecular formula is C7H11NO. The molecule has 0 radical (unpaired) electrons. The number of nitriles is 1. The summed E-state index contributed by atoms with van der Waals surface area (Å²) in [5.41, 5.74) is 0.692. The van der Waals surface area contributed by atoms with E-state index >= 15 is 0 Å². The van der Waals surface area contributed by atoms with E-state index in [1.165, 1.54) is 6.26 Å². The summed E-state index contributed by atoms with van der Waals surface area (Å²) in [5, 5.41) is 8.35. The fourth-order valence-electron chi connectivity index (χ4n) is 0.373. The van der Waals surface area contributed by atoms with E-state index in [4.69, 9.17) is 10.00 Å². The second-order valence-corrected chi connectivity index (χ2v) is 1.56. The Morgan fingerprint density at radius 1 is 1.67 bits per heavy atom. The highest BCUT2D eigenvalue weighted by atomic mass is 16.5. The van der Waals surface area contributed by atoms with Gasteiger partial charge in [0.05, 0.1) is 24.5 Å². The van der Waals surface area contributed by atoms with Gasteiger partial charge in [-0.15, -0.1) is 0 Å². The van der Waals surface area contributed by atoms with E-state index < -0.39 is 0 Å². The second-order valence-electron chi connectivity index (χ2n) is 1.56. The van der Waals surface area contributed by atoms with Gasteiger partial charge in [-0.05, 0) is 13.3 Å². The Labute approximate surface area is 55.7 Å². The standard InChI is InChI=1S/C7H11NO/c1-3-7(5-8)6-9-4-2/h6H,3-4H2,1-2H3/b7-6+. The molecule has 0 aliphatic rings. The molecule has 50 valence electrons. The molecule has 2 heteroatoms. The van der Waals surface area contributed by atoms with E-state index in [-0.39, 0.29) is 0 Å². The third kappa shape index (κ3) is 3.60. The van der Waals surface area contributed by atoms with Gasteiger partial charge in [-0.3, -0.25) is 0 Å². The number of rotatable bonds is 3. The minimum atomic E-state index is 0.630. The molecule has 0 amide bonds. The quantitative estimate of drug-likeness (QED) is 0.426. The lowest BCUT2D eigenvalue weighted by Gasteiger charge is -1.93. The molecule has 0 fully saturated rings. The van der Waals surface area contributed by atoms with Crippen molar-refractivity contribution < 1.29 is 4.74 Å². The van der Waals surface area contributed by atoms with E-state index in [9.17, 15) is 0 Å². The van der Waals surface area contributed by atoms with Crippen LogP contribution in [0.3, 0.4) is 0 Å². The molecule has 0 aromatic carbocycles. The van der Waals surface area contributed by atoms with Crippen LogP contribution in [0.4, 0.5) is 0 Å². The molecule has 0 spiro atoms. The molecule has 0 bridgehead atoms. The molecule has 0 saturated carbocycles. The molecule has 0 unspecified atom stereocenters. The van der Waals surface area contributed by atoms with Crippen LogP contribution < -0.4 is 0 Å². The maximum Gasteiger partial charge on any atom is 0.0979 e.